The number of aliphatic carboxylic acids is 1. The van der Waals surface area contributed by atoms with Crippen LogP contribution in [0.15, 0.2) is 40.5 Å². The Bertz CT molecular complexity index is 2780. The van der Waals surface area contributed by atoms with Gasteiger partial charge in [-0.2, -0.15) is 5.26 Å². The van der Waals surface area contributed by atoms with Gasteiger partial charge < -0.3 is 40.5 Å². The molecule has 0 spiro atoms. The zero-order chi connectivity index (χ0) is 58.4. The van der Waals surface area contributed by atoms with Crippen LogP contribution < -0.4 is 15.4 Å². The first-order valence-electron chi connectivity index (χ1n) is 29.4. The number of thiazole rings is 1. The van der Waals surface area contributed by atoms with Gasteiger partial charge in [0, 0.05) is 86.3 Å². The van der Waals surface area contributed by atoms with E-state index in [1.165, 1.54) is 21.1 Å². The fraction of sp³-hybridized carbons (Fsp3) is 0.694. The van der Waals surface area contributed by atoms with E-state index in [4.69, 9.17) is 4.74 Å². The SMILES string of the molecule is CC1=C(C)C(=O)C(C(C)(C)CC(=O)N(C)CCN(CCCCCC(=O)NCCCCC(NC(=O)CC[C@@H](C)C2CC[C@H]3[C@@H]4[C@H](O)C[C@@H]5C[C@H](O)CC[C@]5(C)[C@H]4CC[C@]23C)C(=O)O)C(=O)Oc2ccc3nc(C#N)sc3c2)=C(C)C1=O. The number of hydrogen-bond donors (Lipinski definition) is 5. The van der Waals surface area contributed by atoms with Gasteiger partial charge in [0.1, 0.15) is 17.9 Å². The van der Waals surface area contributed by atoms with Crippen molar-refractivity contribution in [1.29, 1.82) is 5.26 Å². The molecule has 0 bridgehead atoms. The van der Waals surface area contributed by atoms with Crippen molar-refractivity contribution in [3.05, 3.63) is 45.5 Å². The number of likely N-dealkylation sites (N-methyl/N-ethyl adjacent to an activating group) is 1. The number of unbranched alkanes of at least 4 members (excludes halogenated alkanes) is 3. The summed E-state index contributed by atoms with van der Waals surface area (Å²) in [4.78, 5) is 99.3. The fourth-order valence-corrected chi connectivity index (χ4v) is 16.0. The molecule has 5 aliphatic rings. The number of carbonyl (C=O) groups excluding carboxylic acids is 6. The maximum Gasteiger partial charge on any atom is 0.415 e. The standard InChI is InChI=1S/C62H88N6O11S/c1-36(43-19-20-44-54-45(24-26-62(43,44)8)61(7)25-23-41(69)31-40(61)32-48(54)70)17-22-51(72)65-47(58(76)77)15-12-13-27-64-50(71)16-11-10-14-28-68(59(78)79-42-18-21-46-49(33-42)80-52(35-63)66-46)30-29-67(9)53(73)34-60(5,6)55-39(4)56(74)37(2)38(3)57(55)75/h18,21,33,36,40-41,43-45,47-48,54,69-70H,10-17,19-20,22-32,34H2,1-9H3,(H,64,71)(H,65,72)(H,76,77)/t36-,40+,41-,43?,44+,45+,47?,48-,54+,61+,62-/m1/s1. The number of ether oxygens (including phenoxy) is 1. The number of benzene rings is 1. The zero-order valence-corrected chi connectivity index (χ0v) is 49.6. The Morgan fingerprint density at radius 1 is 0.863 bits per heavy atom. The first-order valence-corrected chi connectivity index (χ1v) is 30.3. The molecule has 4 saturated carbocycles. The lowest BCUT2D eigenvalue weighted by Crippen LogP contribution is -2.58. The van der Waals surface area contributed by atoms with Crippen LogP contribution in [0, 0.1) is 63.1 Å². The molecule has 2 aromatic rings. The Balaban J connectivity index is 0.817. The van der Waals surface area contributed by atoms with Gasteiger partial charge in [-0.1, -0.05) is 41.0 Å². The number of nitrogens with one attached hydrogen (secondary N) is 2. The minimum Gasteiger partial charge on any atom is -0.480 e. The number of carbonyl (C=O) groups is 7. The molecule has 4 fully saturated rings. The van der Waals surface area contributed by atoms with Crippen LogP contribution >= 0.6 is 11.3 Å². The van der Waals surface area contributed by atoms with Crippen molar-refractivity contribution < 1.29 is 53.6 Å². The molecule has 0 aliphatic heterocycles. The molecule has 1 heterocycles. The predicted octanol–water partition coefficient (Wildman–Crippen LogP) is 9.47. The highest BCUT2D eigenvalue weighted by molar-refractivity contribution is 7.19. The summed E-state index contributed by atoms with van der Waals surface area (Å²) in [5, 5.41) is 47.4. The lowest BCUT2D eigenvalue weighted by atomic mass is 9.43. The van der Waals surface area contributed by atoms with Crippen molar-refractivity contribution in [2.45, 2.75) is 189 Å². The van der Waals surface area contributed by atoms with Crippen LogP contribution in [-0.4, -0.2) is 123 Å². The van der Waals surface area contributed by atoms with Gasteiger partial charge in [0.25, 0.3) is 0 Å². The number of nitriles is 1. The molecule has 1 aromatic heterocycles. The molecule has 2 unspecified atom stereocenters. The predicted molar refractivity (Wildman–Crippen MR) is 305 cm³/mol. The monoisotopic (exact) mass is 1120 g/mol. The molecular formula is C62H88N6O11S. The number of aromatic nitrogens is 1. The third-order valence-electron chi connectivity index (χ3n) is 20.0. The number of carboxylic acids is 1. The fourth-order valence-electron chi connectivity index (χ4n) is 15.2. The van der Waals surface area contributed by atoms with E-state index in [-0.39, 0.29) is 120 Å². The molecule has 80 heavy (non-hydrogen) atoms. The number of aliphatic hydroxyl groups is 2. The van der Waals surface area contributed by atoms with Crippen molar-refractivity contribution >= 4 is 62.9 Å². The Labute approximate surface area is 476 Å². The molecular weight excluding hydrogens is 1040 g/mol. The van der Waals surface area contributed by atoms with Crippen LogP contribution in [0.2, 0.25) is 0 Å². The van der Waals surface area contributed by atoms with Crippen LogP contribution in [0.5, 0.6) is 5.75 Å². The smallest absolute Gasteiger partial charge is 0.415 e. The van der Waals surface area contributed by atoms with E-state index in [0.29, 0.717) is 101 Å². The number of hydrogen-bond acceptors (Lipinski definition) is 13. The second-order valence-corrected chi connectivity index (χ2v) is 26.5. The number of rotatable bonds is 24. The van der Waals surface area contributed by atoms with Crippen LogP contribution in [0.25, 0.3) is 10.2 Å². The van der Waals surface area contributed by atoms with Gasteiger partial charge in [0.2, 0.25) is 17.7 Å². The van der Waals surface area contributed by atoms with Crippen LogP contribution in [0.1, 0.15) is 176 Å². The van der Waals surface area contributed by atoms with Crippen LogP contribution in [0.4, 0.5) is 4.79 Å². The molecule has 1 aromatic carbocycles. The third-order valence-corrected chi connectivity index (χ3v) is 20.9. The summed E-state index contributed by atoms with van der Waals surface area (Å²) in [6.07, 6.45) is 10.6. The first-order chi connectivity index (χ1) is 37.8. The average molecular weight is 1130 g/mol. The number of aliphatic hydroxyl groups excluding tert-OH is 2. The van der Waals surface area contributed by atoms with Crippen molar-refractivity contribution in [3.8, 4) is 11.8 Å². The summed E-state index contributed by atoms with van der Waals surface area (Å²) in [5.41, 5.74) is 1.37. The highest BCUT2D eigenvalue weighted by atomic mass is 32.1. The topological polar surface area (TPSA) is 257 Å². The zero-order valence-electron chi connectivity index (χ0n) is 48.8. The van der Waals surface area contributed by atoms with Gasteiger partial charge in [-0.15, -0.1) is 11.3 Å². The summed E-state index contributed by atoms with van der Waals surface area (Å²) in [5.74, 6) is 0.306. The highest BCUT2D eigenvalue weighted by Crippen LogP contribution is 2.68. The van der Waals surface area contributed by atoms with E-state index in [9.17, 15) is 54.1 Å². The average Bonchev–Trinajstić information content (AvgIpc) is 4.12. The van der Waals surface area contributed by atoms with E-state index >= 15 is 0 Å². The van der Waals surface area contributed by atoms with E-state index in [2.05, 4.69) is 36.4 Å². The lowest BCUT2D eigenvalue weighted by molar-refractivity contribution is -0.174. The van der Waals surface area contributed by atoms with E-state index in [1.807, 2.05) is 6.07 Å². The van der Waals surface area contributed by atoms with Gasteiger partial charge in [-0.05, 0) is 169 Å². The second kappa shape index (κ2) is 26.2. The molecule has 5 aliphatic carbocycles. The minimum absolute atomic E-state index is 0.0422. The molecule has 7 rings (SSSR count). The summed E-state index contributed by atoms with van der Waals surface area (Å²) in [6, 6.07) is 5.93. The largest absolute Gasteiger partial charge is 0.480 e. The number of ketones is 2. The Hall–Kier alpha value is -5.51. The molecule has 4 amide bonds. The number of fused-ring (bicyclic) bond motifs is 6. The Kier molecular flexibility index (Phi) is 20.3. The van der Waals surface area contributed by atoms with Crippen molar-refractivity contribution in [2.75, 3.05) is 33.2 Å². The van der Waals surface area contributed by atoms with Crippen LogP contribution in [0.3, 0.4) is 0 Å². The van der Waals surface area contributed by atoms with E-state index in [1.54, 1.807) is 59.9 Å². The summed E-state index contributed by atoms with van der Waals surface area (Å²) in [7, 11) is 1.62. The molecule has 5 N–H and O–H groups in total. The lowest BCUT2D eigenvalue weighted by Gasteiger charge is -2.62. The van der Waals surface area contributed by atoms with E-state index < -0.39 is 23.5 Å². The summed E-state index contributed by atoms with van der Waals surface area (Å²) in [6.45, 7) is 16.4. The molecule has 0 saturated heterocycles. The van der Waals surface area contributed by atoms with E-state index in [0.717, 1.165) is 51.4 Å². The normalized spacial score (nSPS) is 27.4. The number of amides is 4. The number of nitrogens with zero attached hydrogens (tertiary/aromatic N) is 4. The first kappa shape index (κ1) is 62.1. The molecule has 438 valence electrons. The van der Waals surface area contributed by atoms with Gasteiger partial charge in [0.05, 0.1) is 22.4 Å². The number of carboxylic acid groups (broad SMARTS) is 1. The second-order valence-electron chi connectivity index (χ2n) is 25.5. The van der Waals surface area contributed by atoms with Gasteiger partial charge in [0.15, 0.2) is 16.6 Å². The molecule has 18 heteroatoms. The summed E-state index contributed by atoms with van der Waals surface area (Å²) < 4.78 is 6.48. The van der Waals surface area contributed by atoms with Gasteiger partial charge in [-0.3, -0.25) is 24.0 Å². The minimum atomic E-state index is -1.09. The van der Waals surface area contributed by atoms with Crippen molar-refractivity contribution in [2.24, 2.45) is 51.8 Å². The molecule has 0 radical (unpaired) electrons. The quantitative estimate of drug-likeness (QED) is 0.0485. The number of allylic oxidation sites excluding steroid dienone is 4. The van der Waals surface area contributed by atoms with Gasteiger partial charge in [-0.25, -0.2) is 14.6 Å². The van der Waals surface area contributed by atoms with Crippen molar-refractivity contribution in [3.63, 3.8) is 0 Å². The van der Waals surface area contributed by atoms with Crippen LogP contribution in [-0.2, 0) is 28.8 Å². The highest BCUT2D eigenvalue weighted by Gasteiger charge is 2.63. The maximum absolute atomic E-state index is 13.7. The molecule has 17 nitrogen and oxygen atoms in total. The molecule has 11 atom stereocenters. The number of Topliss-reactive ketones (excluding diaryl/α,β-unsaturated/α-hetero) is 2. The van der Waals surface area contributed by atoms with Gasteiger partial charge >= 0.3 is 12.1 Å². The Morgan fingerprint density at radius 2 is 1.57 bits per heavy atom. The third kappa shape index (κ3) is 13.9. The van der Waals surface area contributed by atoms with Crippen molar-refractivity contribution in [1.82, 2.24) is 25.4 Å². The summed E-state index contributed by atoms with van der Waals surface area (Å²) >= 11 is 1.18. The maximum atomic E-state index is 13.7. The Morgan fingerprint density at radius 3 is 2.30 bits per heavy atom.